The Balaban J connectivity index is 2.04. The molecule has 0 aromatic heterocycles. The quantitative estimate of drug-likeness (QED) is 0.678. The van der Waals surface area contributed by atoms with Crippen LogP contribution in [-0.2, 0) is 0 Å². The summed E-state index contributed by atoms with van der Waals surface area (Å²) >= 11 is 0. The van der Waals surface area contributed by atoms with Gasteiger partial charge in [0.25, 0.3) is 0 Å². The van der Waals surface area contributed by atoms with Crippen LogP contribution >= 0.6 is 0 Å². The van der Waals surface area contributed by atoms with Crippen molar-refractivity contribution in [3.05, 3.63) is 41.0 Å². The van der Waals surface area contributed by atoms with Gasteiger partial charge < -0.3 is 4.90 Å². The van der Waals surface area contributed by atoms with E-state index >= 15 is 0 Å². The molecule has 1 heteroatoms. The maximum Gasteiger partial charge on any atom is 0.0361 e. The topological polar surface area (TPSA) is 3.24 Å². The van der Waals surface area contributed by atoms with Crippen molar-refractivity contribution in [2.24, 2.45) is 0 Å². The van der Waals surface area contributed by atoms with Crippen molar-refractivity contribution in [2.45, 2.75) is 45.4 Å². The minimum atomic E-state index is 0.768. The molecule has 98 valence electrons. The van der Waals surface area contributed by atoms with E-state index in [9.17, 15) is 0 Å². The fourth-order valence-electron chi connectivity index (χ4n) is 2.84. The van der Waals surface area contributed by atoms with Crippen molar-refractivity contribution in [2.75, 3.05) is 19.0 Å². The van der Waals surface area contributed by atoms with Crippen LogP contribution in [0.3, 0.4) is 0 Å². The lowest BCUT2D eigenvalue weighted by Gasteiger charge is -2.25. The number of nitrogens with zero attached hydrogens (tertiary/aromatic N) is 1. The number of allylic oxidation sites excluding steroid dienone is 2. The Morgan fingerprint density at radius 1 is 1.00 bits per heavy atom. The predicted molar refractivity (Wildman–Crippen MR) is 80.4 cm³/mol. The molecule has 1 aliphatic rings. The summed E-state index contributed by atoms with van der Waals surface area (Å²) in [7, 11) is 4.19. The van der Waals surface area contributed by atoms with Crippen molar-refractivity contribution >= 4 is 5.69 Å². The summed E-state index contributed by atoms with van der Waals surface area (Å²) in [5.74, 6) is 0.768. The molecule has 0 spiro atoms. The highest BCUT2D eigenvalue weighted by Gasteiger charge is 2.18. The van der Waals surface area contributed by atoms with Crippen LogP contribution in [0.25, 0.3) is 0 Å². The van der Waals surface area contributed by atoms with Crippen LogP contribution in [0.4, 0.5) is 5.69 Å². The van der Waals surface area contributed by atoms with Gasteiger partial charge in [-0.25, -0.2) is 0 Å². The average Bonchev–Trinajstić information content (AvgIpc) is 2.39. The average molecular weight is 243 g/mol. The van der Waals surface area contributed by atoms with Crippen LogP contribution < -0.4 is 4.90 Å². The van der Waals surface area contributed by atoms with Gasteiger partial charge in [0.05, 0.1) is 0 Å². The molecule has 2 rings (SSSR count). The third-order valence-corrected chi connectivity index (χ3v) is 4.18. The molecule has 0 bridgehead atoms. The summed E-state index contributed by atoms with van der Waals surface area (Å²) in [6, 6.07) is 9.11. The number of anilines is 1. The number of hydrogen-bond donors (Lipinski definition) is 0. The lowest BCUT2D eigenvalue weighted by molar-refractivity contribution is 0.513. The van der Waals surface area contributed by atoms with Gasteiger partial charge in [0.2, 0.25) is 0 Å². The molecule has 1 nitrogen and oxygen atoms in total. The zero-order valence-corrected chi connectivity index (χ0v) is 12.2. The van der Waals surface area contributed by atoms with Gasteiger partial charge in [-0.1, -0.05) is 23.3 Å². The van der Waals surface area contributed by atoms with Crippen LogP contribution in [0.5, 0.6) is 0 Å². The maximum absolute atomic E-state index is 2.31. The highest BCUT2D eigenvalue weighted by molar-refractivity contribution is 5.46. The predicted octanol–water partition coefficient (Wildman–Crippen LogP) is 4.75. The summed E-state index contributed by atoms with van der Waals surface area (Å²) in [4.78, 5) is 2.16. The van der Waals surface area contributed by atoms with Gasteiger partial charge in [-0.15, -0.1) is 0 Å². The van der Waals surface area contributed by atoms with Crippen LogP contribution in [0.1, 0.15) is 51.0 Å². The minimum absolute atomic E-state index is 0.768. The third kappa shape index (κ3) is 2.95. The summed E-state index contributed by atoms with van der Waals surface area (Å²) in [5, 5.41) is 0. The molecule has 0 saturated heterocycles. The Morgan fingerprint density at radius 2 is 1.56 bits per heavy atom. The lowest BCUT2D eigenvalue weighted by Crippen LogP contribution is -2.10. The molecule has 0 N–H and O–H groups in total. The van der Waals surface area contributed by atoms with Crippen molar-refractivity contribution in [3.63, 3.8) is 0 Å². The van der Waals surface area contributed by atoms with E-state index in [-0.39, 0.29) is 0 Å². The van der Waals surface area contributed by atoms with Crippen molar-refractivity contribution in [1.29, 1.82) is 0 Å². The molecular weight excluding hydrogens is 218 g/mol. The van der Waals surface area contributed by atoms with E-state index in [0.29, 0.717) is 0 Å². The zero-order valence-electron chi connectivity index (χ0n) is 12.2. The summed E-state index contributed by atoms with van der Waals surface area (Å²) < 4.78 is 0. The highest BCUT2D eigenvalue weighted by atomic mass is 15.1. The number of benzene rings is 1. The number of rotatable bonds is 2. The van der Waals surface area contributed by atoms with E-state index in [2.05, 4.69) is 57.1 Å². The molecule has 1 fully saturated rings. The molecule has 0 amide bonds. The third-order valence-electron chi connectivity index (χ3n) is 4.18. The normalized spacial score (nSPS) is 19.8. The van der Waals surface area contributed by atoms with E-state index in [0.717, 1.165) is 5.92 Å². The fourth-order valence-corrected chi connectivity index (χ4v) is 2.84. The first kappa shape index (κ1) is 13.2. The first-order chi connectivity index (χ1) is 8.58. The molecule has 1 aliphatic carbocycles. The molecule has 0 heterocycles. The molecule has 1 saturated carbocycles. The summed E-state index contributed by atoms with van der Waals surface area (Å²) in [6.45, 7) is 4.50. The second-order valence-corrected chi connectivity index (χ2v) is 5.86. The van der Waals surface area contributed by atoms with E-state index < -0.39 is 0 Å². The van der Waals surface area contributed by atoms with Crippen LogP contribution in [0, 0.1) is 0 Å². The standard InChI is InChI=1S/C17H25N/c1-13(2)14-5-7-15(8-6-14)16-9-11-17(12-10-16)18(3)4/h9-12,15H,5-8H2,1-4H3. The van der Waals surface area contributed by atoms with Crippen LogP contribution in [0.15, 0.2) is 35.4 Å². The van der Waals surface area contributed by atoms with Gasteiger partial charge in [-0.3, -0.25) is 0 Å². The number of hydrogen-bond acceptors (Lipinski definition) is 1. The van der Waals surface area contributed by atoms with Gasteiger partial charge in [-0.05, 0) is 63.1 Å². The molecule has 0 atom stereocenters. The van der Waals surface area contributed by atoms with Crippen molar-refractivity contribution in [1.82, 2.24) is 0 Å². The lowest BCUT2D eigenvalue weighted by atomic mass is 9.80. The zero-order chi connectivity index (χ0) is 13.1. The van der Waals surface area contributed by atoms with Crippen molar-refractivity contribution in [3.8, 4) is 0 Å². The van der Waals surface area contributed by atoms with Gasteiger partial charge in [0, 0.05) is 19.8 Å². The molecule has 0 radical (unpaired) electrons. The van der Waals surface area contributed by atoms with Gasteiger partial charge in [0.1, 0.15) is 0 Å². The Labute approximate surface area is 112 Å². The van der Waals surface area contributed by atoms with Gasteiger partial charge >= 0.3 is 0 Å². The molecule has 1 aromatic rings. The SMILES string of the molecule is CC(C)=C1CCC(c2ccc(N(C)C)cc2)CC1. The van der Waals surface area contributed by atoms with Crippen LogP contribution in [-0.4, -0.2) is 14.1 Å². The summed E-state index contributed by atoms with van der Waals surface area (Å²) in [6.07, 6.45) is 5.23. The second kappa shape index (κ2) is 5.60. The first-order valence-corrected chi connectivity index (χ1v) is 7.00. The van der Waals surface area contributed by atoms with E-state index in [4.69, 9.17) is 0 Å². The monoisotopic (exact) mass is 243 g/mol. The Kier molecular flexibility index (Phi) is 4.11. The first-order valence-electron chi connectivity index (χ1n) is 7.00. The largest absolute Gasteiger partial charge is 0.378 e. The molecule has 0 unspecified atom stereocenters. The Hall–Kier alpha value is -1.24. The molecular formula is C17H25N. The summed E-state index contributed by atoms with van der Waals surface area (Å²) in [5.41, 5.74) is 6.04. The smallest absolute Gasteiger partial charge is 0.0361 e. The van der Waals surface area contributed by atoms with E-state index in [1.54, 1.807) is 5.57 Å². The van der Waals surface area contributed by atoms with E-state index in [1.165, 1.54) is 42.5 Å². The Morgan fingerprint density at radius 3 is 2.00 bits per heavy atom. The van der Waals surface area contributed by atoms with Crippen LogP contribution in [0.2, 0.25) is 0 Å². The van der Waals surface area contributed by atoms with Gasteiger partial charge in [-0.2, -0.15) is 0 Å². The Bertz CT molecular complexity index is 411. The van der Waals surface area contributed by atoms with E-state index in [1.807, 2.05) is 0 Å². The molecule has 18 heavy (non-hydrogen) atoms. The maximum atomic E-state index is 2.31. The molecule has 1 aromatic carbocycles. The fraction of sp³-hybridized carbons (Fsp3) is 0.529. The highest BCUT2D eigenvalue weighted by Crippen LogP contribution is 2.36. The second-order valence-electron chi connectivity index (χ2n) is 5.86. The molecule has 0 aliphatic heterocycles. The minimum Gasteiger partial charge on any atom is -0.378 e. The van der Waals surface area contributed by atoms with Gasteiger partial charge in [0.15, 0.2) is 0 Å². The van der Waals surface area contributed by atoms with Crippen molar-refractivity contribution < 1.29 is 0 Å².